The summed E-state index contributed by atoms with van der Waals surface area (Å²) in [7, 11) is 5.08. The minimum Gasteiger partial charge on any atom is -0.507 e. The number of aliphatic hydroxyl groups excluding tert-OH is 1. The van der Waals surface area contributed by atoms with Crippen molar-refractivity contribution in [2.24, 2.45) is 0 Å². The quantitative estimate of drug-likeness (QED) is 0.460. The summed E-state index contributed by atoms with van der Waals surface area (Å²) in [5, 5.41) is 10.9. The molecule has 1 fully saturated rings. The first kappa shape index (κ1) is 20.5. The topological polar surface area (TPSA) is 70.1 Å². The van der Waals surface area contributed by atoms with Crippen molar-refractivity contribution in [1.82, 2.24) is 9.80 Å². The third kappa shape index (κ3) is 4.00. The van der Waals surface area contributed by atoms with Crippen LogP contribution in [0.15, 0.2) is 54.1 Å². The highest BCUT2D eigenvalue weighted by atomic mass is 19.1. The van der Waals surface area contributed by atoms with Crippen LogP contribution < -0.4 is 4.74 Å². The zero-order valence-electron chi connectivity index (χ0n) is 16.6. The fourth-order valence-corrected chi connectivity index (χ4v) is 3.37. The minimum atomic E-state index is -0.786. The van der Waals surface area contributed by atoms with Gasteiger partial charge in [-0.2, -0.15) is 0 Å². The number of carbonyl (C=O) groups excluding carboxylic acids is 2. The van der Waals surface area contributed by atoms with Gasteiger partial charge in [-0.1, -0.05) is 30.3 Å². The fraction of sp³-hybridized carbons (Fsp3) is 0.273. The molecule has 0 bridgehead atoms. The molecule has 1 aliphatic rings. The van der Waals surface area contributed by atoms with E-state index in [9.17, 15) is 19.1 Å². The van der Waals surface area contributed by atoms with Gasteiger partial charge in [-0.15, -0.1) is 0 Å². The number of halogens is 1. The number of likely N-dealkylation sites (tertiary alicyclic amines) is 1. The Labute approximate surface area is 168 Å². The summed E-state index contributed by atoms with van der Waals surface area (Å²) in [6, 6.07) is 12.2. The van der Waals surface area contributed by atoms with Crippen molar-refractivity contribution in [3.05, 3.63) is 71.0 Å². The summed E-state index contributed by atoms with van der Waals surface area (Å²) in [5.74, 6) is -2.53. The fourth-order valence-electron chi connectivity index (χ4n) is 3.37. The summed E-state index contributed by atoms with van der Waals surface area (Å²) in [4.78, 5) is 28.9. The average Bonchev–Trinajstić information content (AvgIpc) is 2.97. The molecule has 0 aromatic heterocycles. The van der Waals surface area contributed by atoms with E-state index in [-0.39, 0.29) is 16.9 Å². The Bertz CT molecular complexity index is 957. The standard InChI is InChI=1S/C22H23FN2O4/c1-24(2)11-12-25-19(14-7-5-4-6-8-14)18(21(27)22(25)28)20(26)15-9-10-17(29-3)16(23)13-15/h4-10,13,19,26H,11-12H2,1-3H3/b20-18+/t19-/m1/s1. The van der Waals surface area contributed by atoms with Crippen molar-refractivity contribution in [3.63, 3.8) is 0 Å². The molecule has 1 amide bonds. The maximum atomic E-state index is 14.2. The van der Waals surface area contributed by atoms with E-state index < -0.39 is 29.3 Å². The Hall–Kier alpha value is -3.19. The second-order valence-corrected chi connectivity index (χ2v) is 7.06. The molecule has 2 aromatic rings. The number of Topliss-reactive ketones (excluding diaryl/α,β-unsaturated/α-hetero) is 1. The van der Waals surface area contributed by atoms with E-state index in [0.29, 0.717) is 18.7 Å². The molecule has 2 aromatic carbocycles. The zero-order valence-corrected chi connectivity index (χ0v) is 16.6. The predicted molar refractivity (Wildman–Crippen MR) is 107 cm³/mol. The molecular weight excluding hydrogens is 375 g/mol. The first-order chi connectivity index (χ1) is 13.8. The molecule has 152 valence electrons. The predicted octanol–water partition coefficient (Wildman–Crippen LogP) is 2.82. The number of hydrogen-bond acceptors (Lipinski definition) is 5. The lowest BCUT2D eigenvalue weighted by Crippen LogP contribution is -2.35. The van der Waals surface area contributed by atoms with Gasteiger partial charge in [0.2, 0.25) is 0 Å². The Morgan fingerprint density at radius 1 is 1.17 bits per heavy atom. The number of rotatable bonds is 6. The molecule has 0 radical (unpaired) electrons. The summed E-state index contributed by atoms with van der Waals surface area (Å²) >= 11 is 0. The Kier molecular flexibility index (Phi) is 5.98. The van der Waals surface area contributed by atoms with E-state index in [1.165, 1.54) is 24.1 Å². The van der Waals surface area contributed by atoms with Crippen LogP contribution >= 0.6 is 0 Å². The van der Waals surface area contributed by atoms with Crippen LogP contribution in [0, 0.1) is 5.82 Å². The second-order valence-electron chi connectivity index (χ2n) is 7.06. The molecule has 29 heavy (non-hydrogen) atoms. The maximum absolute atomic E-state index is 14.2. The molecule has 1 saturated heterocycles. The largest absolute Gasteiger partial charge is 0.507 e. The number of likely N-dealkylation sites (N-methyl/N-ethyl adjacent to an activating group) is 1. The minimum absolute atomic E-state index is 0.0209. The first-order valence-electron chi connectivity index (χ1n) is 9.17. The highest BCUT2D eigenvalue weighted by Gasteiger charge is 2.45. The lowest BCUT2D eigenvalue weighted by atomic mass is 9.95. The van der Waals surface area contributed by atoms with Crippen molar-refractivity contribution in [1.29, 1.82) is 0 Å². The molecule has 1 heterocycles. The molecule has 0 unspecified atom stereocenters. The SMILES string of the molecule is COc1ccc(/C(O)=C2\C(=O)C(=O)N(CCN(C)C)[C@@H]2c2ccccc2)cc1F. The van der Waals surface area contributed by atoms with Gasteiger partial charge in [0.15, 0.2) is 11.6 Å². The van der Waals surface area contributed by atoms with Gasteiger partial charge < -0.3 is 19.6 Å². The van der Waals surface area contributed by atoms with Gasteiger partial charge >= 0.3 is 0 Å². The van der Waals surface area contributed by atoms with Crippen LogP contribution in [0.3, 0.4) is 0 Å². The molecule has 0 saturated carbocycles. The van der Waals surface area contributed by atoms with Crippen molar-refractivity contribution in [2.45, 2.75) is 6.04 Å². The highest BCUT2D eigenvalue weighted by molar-refractivity contribution is 6.46. The van der Waals surface area contributed by atoms with Gasteiger partial charge in [-0.05, 0) is 37.9 Å². The normalized spacial score (nSPS) is 18.5. The van der Waals surface area contributed by atoms with Crippen molar-refractivity contribution in [2.75, 3.05) is 34.3 Å². The molecule has 1 aliphatic heterocycles. The monoisotopic (exact) mass is 398 g/mol. The van der Waals surface area contributed by atoms with Crippen molar-refractivity contribution < 1.29 is 23.8 Å². The van der Waals surface area contributed by atoms with E-state index in [1.807, 2.05) is 25.1 Å². The molecule has 1 atom stereocenters. The van der Waals surface area contributed by atoms with Crippen LogP contribution in [0.25, 0.3) is 5.76 Å². The third-order valence-electron chi connectivity index (χ3n) is 4.87. The summed E-state index contributed by atoms with van der Waals surface area (Å²) in [6.07, 6.45) is 0. The van der Waals surface area contributed by atoms with Crippen LogP contribution in [-0.2, 0) is 9.59 Å². The van der Waals surface area contributed by atoms with Gasteiger partial charge in [0.25, 0.3) is 11.7 Å². The number of methoxy groups -OCH3 is 1. The summed E-state index contributed by atoms with van der Waals surface area (Å²) in [6.45, 7) is 0.860. The Balaban J connectivity index is 2.13. The average molecular weight is 398 g/mol. The van der Waals surface area contributed by atoms with Gasteiger partial charge in [0.1, 0.15) is 5.76 Å². The number of hydrogen-bond donors (Lipinski definition) is 1. The van der Waals surface area contributed by atoms with Crippen LogP contribution in [0.4, 0.5) is 4.39 Å². The summed E-state index contributed by atoms with van der Waals surface area (Å²) in [5.41, 5.74) is 0.750. The number of benzene rings is 2. The van der Waals surface area contributed by atoms with E-state index >= 15 is 0 Å². The molecule has 3 rings (SSSR count). The summed E-state index contributed by atoms with van der Waals surface area (Å²) < 4.78 is 19.1. The van der Waals surface area contributed by atoms with E-state index in [0.717, 1.165) is 6.07 Å². The molecule has 1 N–H and O–H groups in total. The van der Waals surface area contributed by atoms with Crippen LogP contribution in [-0.4, -0.2) is 60.9 Å². The number of aliphatic hydroxyl groups is 1. The second kappa shape index (κ2) is 8.45. The number of nitrogens with zero attached hydrogens (tertiary/aromatic N) is 2. The van der Waals surface area contributed by atoms with Crippen molar-refractivity contribution >= 4 is 17.4 Å². The Morgan fingerprint density at radius 2 is 1.86 bits per heavy atom. The van der Waals surface area contributed by atoms with Gasteiger partial charge in [0, 0.05) is 18.7 Å². The first-order valence-corrected chi connectivity index (χ1v) is 9.17. The lowest BCUT2D eigenvalue weighted by molar-refractivity contribution is -0.140. The van der Waals surface area contributed by atoms with E-state index in [4.69, 9.17) is 4.74 Å². The molecular formula is C22H23FN2O4. The number of carbonyl (C=O) groups is 2. The number of ketones is 1. The number of amides is 1. The third-order valence-corrected chi connectivity index (χ3v) is 4.87. The van der Waals surface area contributed by atoms with E-state index in [2.05, 4.69) is 0 Å². The molecule has 0 aliphatic carbocycles. The number of ether oxygens (including phenoxy) is 1. The maximum Gasteiger partial charge on any atom is 0.295 e. The highest BCUT2D eigenvalue weighted by Crippen LogP contribution is 2.39. The van der Waals surface area contributed by atoms with Gasteiger partial charge in [-0.3, -0.25) is 9.59 Å². The van der Waals surface area contributed by atoms with Gasteiger partial charge in [-0.25, -0.2) is 4.39 Å². The molecule has 7 heteroatoms. The molecule has 0 spiro atoms. The Morgan fingerprint density at radius 3 is 2.45 bits per heavy atom. The van der Waals surface area contributed by atoms with Crippen LogP contribution in [0.5, 0.6) is 5.75 Å². The molecule has 6 nitrogen and oxygen atoms in total. The van der Waals surface area contributed by atoms with Crippen LogP contribution in [0.1, 0.15) is 17.2 Å². The smallest absolute Gasteiger partial charge is 0.295 e. The van der Waals surface area contributed by atoms with Crippen LogP contribution in [0.2, 0.25) is 0 Å². The van der Waals surface area contributed by atoms with Crippen molar-refractivity contribution in [3.8, 4) is 5.75 Å². The van der Waals surface area contributed by atoms with E-state index in [1.54, 1.807) is 24.3 Å². The van der Waals surface area contributed by atoms with Gasteiger partial charge in [0.05, 0.1) is 18.7 Å². The lowest BCUT2D eigenvalue weighted by Gasteiger charge is -2.26. The zero-order chi connectivity index (χ0) is 21.1.